The van der Waals surface area contributed by atoms with Gasteiger partial charge in [0, 0.05) is 25.7 Å². The number of nitrogens with one attached hydrogen (secondary N) is 1. The van der Waals surface area contributed by atoms with E-state index in [1.807, 2.05) is 13.1 Å². The fourth-order valence-corrected chi connectivity index (χ4v) is 4.88. The van der Waals surface area contributed by atoms with Crippen LogP contribution in [0.2, 0.25) is 0 Å². The molecule has 2 aliphatic heterocycles. The second kappa shape index (κ2) is 7.39. The molecule has 7 nitrogen and oxygen atoms in total. The number of hydrogen-bond acceptors (Lipinski definition) is 4. The van der Waals surface area contributed by atoms with Crippen molar-refractivity contribution in [3.63, 3.8) is 0 Å². The van der Waals surface area contributed by atoms with E-state index in [0.717, 1.165) is 38.0 Å². The minimum atomic E-state index is -0.419. The summed E-state index contributed by atoms with van der Waals surface area (Å²) in [6.07, 6.45) is 10.3. The lowest BCUT2D eigenvalue weighted by molar-refractivity contribution is -0.131. The number of rotatable bonds is 4. The van der Waals surface area contributed by atoms with Crippen LogP contribution in [0.15, 0.2) is 12.3 Å². The molecule has 2 saturated heterocycles. The van der Waals surface area contributed by atoms with Crippen molar-refractivity contribution in [2.75, 3.05) is 18.0 Å². The fraction of sp³-hybridized carbons (Fsp3) is 0.737. The average Bonchev–Trinajstić information content (AvgIpc) is 3.37. The second-order valence-corrected chi connectivity index (χ2v) is 7.84. The van der Waals surface area contributed by atoms with E-state index in [1.54, 1.807) is 15.8 Å². The maximum Gasteiger partial charge on any atom is 0.250 e. The summed E-state index contributed by atoms with van der Waals surface area (Å²) in [6, 6.07) is 1.93. The lowest BCUT2D eigenvalue weighted by Crippen LogP contribution is -2.56. The molecule has 1 aromatic rings. The van der Waals surface area contributed by atoms with Crippen molar-refractivity contribution in [2.45, 2.75) is 69.5 Å². The summed E-state index contributed by atoms with van der Waals surface area (Å²) in [5, 5.41) is 7.23. The number of piperidine rings is 1. The molecule has 0 radical (unpaired) electrons. The van der Waals surface area contributed by atoms with Gasteiger partial charge in [-0.1, -0.05) is 12.8 Å². The lowest BCUT2D eigenvalue weighted by atomic mass is 10.0. The maximum absolute atomic E-state index is 12.9. The third-order valence-electron chi connectivity index (χ3n) is 6.22. The van der Waals surface area contributed by atoms with Crippen LogP contribution in [-0.2, 0) is 16.6 Å². The molecule has 1 aromatic heterocycles. The van der Waals surface area contributed by atoms with E-state index in [-0.39, 0.29) is 17.9 Å². The van der Waals surface area contributed by atoms with Gasteiger partial charge in [-0.25, -0.2) is 0 Å². The van der Waals surface area contributed by atoms with E-state index < -0.39 is 6.04 Å². The standard InChI is InChI=1S/C19H29N5O2/c1-22-17(10-11-20-22)24-13-4-8-15(19(24)26)21-18(25)16-9-5-12-23(16)14-6-2-3-7-14/h10-11,14-16H,2-9,12-13H2,1H3,(H,21,25). The SMILES string of the molecule is Cn1nccc1N1CCCC(NC(=O)C2CCCN2C2CCCC2)C1=O. The zero-order valence-electron chi connectivity index (χ0n) is 15.6. The van der Waals surface area contributed by atoms with Crippen LogP contribution < -0.4 is 10.2 Å². The summed E-state index contributed by atoms with van der Waals surface area (Å²) in [6.45, 7) is 1.70. The predicted octanol–water partition coefficient (Wildman–Crippen LogP) is 1.44. The van der Waals surface area contributed by atoms with E-state index in [1.165, 1.54) is 25.7 Å². The Bertz CT molecular complexity index is 667. The highest BCUT2D eigenvalue weighted by atomic mass is 16.2. The molecule has 3 heterocycles. The zero-order valence-corrected chi connectivity index (χ0v) is 15.6. The Morgan fingerprint density at radius 3 is 2.62 bits per heavy atom. The van der Waals surface area contributed by atoms with Crippen molar-refractivity contribution in [1.82, 2.24) is 20.0 Å². The average molecular weight is 359 g/mol. The van der Waals surface area contributed by atoms with Crippen molar-refractivity contribution < 1.29 is 9.59 Å². The normalized spacial score (nSPS) is 28.0. The Morgan fingerprint density at radius 2 is 1.88 bits per heavy atom. The molecule has 1 saturated carbocycles. The van der Waals surface area contributed by atoms with Crippen LogP contribution in [-0.4, -0.2) is 57.7 Å². The zero-order chi connectivity index (χ0) is 18.1. The Kier molecular flexibility index (Phi) is 4.98. The van der Waals surface area contributed by atoms with Crippen LogP contribution >= 0.6 is 0 Å². The summed E-state index contributed by atoms with van der Waals surface area (Å²) in [7, 11) is 1.84. The molecule has 142 valence electrons. The van der Waals surface area contributed by atoms with Gasteiger partial charge in [0.25, 0.3) is 5.91 Å². The smallest absolute Gasteiger partial charge is 0.250 e. The molecule has 7 heteroatoms. The molecule has 0 aromatic carbocycles. The monoisotopic (exact) mass is 359 g/mol. The molecule has 0 spiro atoms. The molecule has 1 aliphatic carbocycles. The van der Waals surface area contributed by atoms with Gasteiger partial charge in [0.05, 0.1) is 12.2 Å². The second-order valence-electron chi connectivity index (χ2n) is 7.84. The Hall–Kier alpha value is -1.89. The van der Waals surface area contributed by atoms with Crippen molar-refractivity contribution in [1.29, 1.82) is 0 Å². The molecule has 2 unspecified atom stereocenters. The molecular formula is C19H29N5O2. The van der Waals surface area contributed by atoms with E-state index in [0.29, 0.717) is 12.6 Å². The molecule has 2 amide bonds. The lowest BCUT2D eigenvalue weighted by Gasteiger charge is -2.34. The Balaban J connectivity index is 1.42. The molecular weight excluding hydrogens is 330 g/mol. The number of likely N-dealkylation sites (tertiary alicyclic amines) is 1. The maximum atomic E-state index is 12.9. The summed E-state index contributed by atoms with van der Waals surface area (Å²) >= 11 is 0. The first-order chi connectivity index (χ1) is 12.6. The predicted molar refractivity (Wildman–Crippen MR) is 98.7 cm³/mol. The summed E-state index contributed by atoms with van der Waals surface area (Å²) in [4.78, 5) is 30.0. The molecule has 1 N–H and O–H groups in total. The number of aromatic nitrogens is 2. The van der Waals surface area contributed by atoms with Gasteiger partial charge in [0.15, 0.2) is 0 Å². The van der Waals surface area contributed by atoms with Crippen LogP contribution in [0, 0.1) is 0 Å². The number of nitrogens with zero attached hydrogens (tertiary/aromatic N) is 4. The van der Waals surface area contributed by atoms with Crippen LogP contribution in [0.3, 0.4) is 0 Å². The summed E-state index contributed by atoms with van der Waals surface area (Å²) in [5.41, 5.74) is 0. The topological polar surface area (TPSA) is 70.5 Å². The van der Waals surface area contributed by atoms with Crippen LogP contribution in [0.5, 0.6) is 0 Å². The Labute approximate surface area is 154 Å². The van der Waals surface area contributed by atoms with Crippen molar-refractivity contribution in [3.05, 3.63) is 12.3 Å². The van der Waals surface area contributed by atoms with Gasteiger partial charge in [-0.2, -0.15) is 5.10 Å². The quantitative estimate of drug-likeness (QED) is 0.883. The van der Waals surface area contributed by atoms with Gasteiger partial charge in [0.1, 0.15) is 11.9 Å². The van der Waals surface area contributed by atoms with Gasteiger partial charge in [0.2, 0.25) is 5.91 Å². The third-order valence-corrected chi connectivity index (χ3v) is 6.22. The molecule has 0 bridgehead atoms. The largest absolute Gasteiger partial charge is 0.343 e. The molecule has 3 aliphatic rings. The molecule has 2 atom stereocenters. The number of carbonyl (C=O) groups excluding carboxylic acids is 2. The summed E-state index contributed by atoms with van der Waals surface area (Å²) in [5.74, 6) is 0.820. The van der Waals surface area contributed by atoms with E-state index in [4.69, 9.17) is 0 Å². The number of aryl methyl sites for hydroxylation is 1. The first-order valence-electron chi connectivity index (χ1n) is 10.0. The number of amides is 2. The van der Waals surface area contributed by atoms with Crippen molar-refractivity contribution in [2.24, 2.45) is 7.05 Å². The minimum Gasteiger partial charge on any atom is -0.343 e. The van der Waals surface area contributed by atoms with Gasteiger partial charge in [-0.3, -0.25) is 24.1 Å². The van der Waals surface area contributed by atoms with Crippen LogP contribution in [0.1, 0.15) is 51.4 Å². The minimum absolute atomic E-state index is 0.0152. The molecule has 3 fully saturated rings. The number of carbonyl (C=O) groups is 2. The van der Waals surface area contributed by atoms with Gasteiger partial charge in [-0.15, -0.1) is 0 Å². The molecule has 4 rings (SSSR count). The van der Waals surface area contributed by atoms with Crippen LogP contribution in [0.25, 0.3) is 0 Å². The Morgan fingerprint density at radius 1 is 1.12 bits per heavy atom. The van der Waals surface area contributed by atoms with Crippen LogP contribution in [0.4, 0.5) is 5.82 Å². The van der Waals surface area contributed by atoms with Gasteiger partial charge in [-0.05, 0) is 45.1 Å². The van der Waals surface area contributed by atoms with E-state index >= 15 is 0 Å². The first-order valence-corrected chi connectivity index (χ1v) is 10.0. The van der Waals surface area contributed by atoms with Crippen molar-refractivity contribution >= 4 is 17.6 Å². The van der Waals surface area contributed by atoms with Gasteiger partial charge < -0.3 is 5.32 Å². The molecule has 26 heavy (non-hydrogen) atoms. The number of hydrogen-bond donors (Lipinski definition) is 1. The van der Waals surface area contributed by atoms with E-state index in [9.17, 15) is 9.59 Å². The van der Waals surface area contributed by atoms with E-state index in [2.05, 4.69) is 15.3 Å². The highest BCUT2D eigenvalue weighted by Crippen LogP contribution is 2.30. The highest BCUT2D eigenvalue weighted by molar-refractivity contribution is 5.99. The number of anilines is 1. The van der Waals surface area contributed by atoms with Crippen molar-refractivity contribution in [3.8, 4) is 0 Å². The first kappa shape index (κ1) is 17.5. The highest BCUT2D eigenvalue weighted by Gasteiger charge is 2.39. The fourth-order valence-electron chi connectivity index (χ4n) is 4.88. The summed E-state index contributed by atoms with van der Waals surface area (Å²) < 4.78 is 1.71. The third kappa shape index (κ3) is 3.24. The van der Waals surface area contributed by atoms with Gasteiger partial charge >= 0.3 is 0 Å².